The van der Waals surface area contributed by atoms with Gasteiger partial charge in [0.15, 0.2) is 0 Å². The minimum Gasteiger partial charge on any atom is -0.478 e. The predicted molar refractivity (Wildman–Crippen MR) is 78.0 cm³/mol. The summed E-state index contributed by atoms with van der Waals surface area (Å²) in [6.45, 7) is 1.10. The number of hydrogen-bond acceptors (Lipinski definition) is 2. The largest absolute Gasteiger partial charge is 0.478 e. The van der Waals surface area contributed by atoms with Gasteiger partial charge in [0.25, 0.3) is 0 Å². The lowest BCUT2D eigenvalue weighted by Crippen LogP contribution is -2.38. The van der Waals surface area contributed by atoms with Crippen molar-refractivity contribution in [2.45, 2.75) is 32.2 Å². The molecule has 3 N–H and O–H groups in total. The number of carbonyl (C=O) groups is 2. The van der Waals surface area contributed by atoms with Gasteiger partial charge in [-0.15, -0.1) is 0 Å². The zero-order valence-corrected chi connectivity index (χ0v) is 11.9. The molecule has 1 aromatic rings. The van der Waals surface area contributed by atoms with E-state index in [0.29, 0.717) is 12.0 Å². The van der Waals surface area contributed by atoms with Gasteiger partial charge in [-0.1, -0.05) is 12.1 Å². The lowest BCUT2D eigenvalue weighted by molar-refractivity contribution is 0.0696. The first-order valence-corrected chi connectivity index (χ1v) is 7.43. The fourth-order valence-electron chi connectivity index (χ4n) is 2.90. The summed E-state index contributed by atoms with van der Waals surface area (Å²) in [4.78, 5) is 22.7. The van der Waals surface area contributed by atoms with E-state index in [1.165, 1.54) is 25.7 Å². The zero-order valence-electron chi connectivity index (χ0n) is 11.9. The molecular formula is C16H20N2O3. The van der Waals surface area contributed by atoms with Crippen molar-refractivity contribution in [1.82, 2.24) is 10.6 Å². The van der Waals surface area contributed by atoms with Crippen molar-refractivity contribution in [3.8, 4) is 0 Å². The lowest BCUT2D eigenvalue weighted by atomic mass is 10.0. The third-order valence-corrected chi connectivity index (χ3v) is 4.56. The van der Waals surface area contributed by atoms with Crippen molar-refractivity contribution < 1.29 is 14.7 Å². The van der Waals surface area contributed by atoms with Crippen molar-refractivity contribution in [3.05, 3.63) is 35.4 Å². The third-order valence-electron chi connectivity index (χ3n) is 4.56. The number of urea groups is 1. The van der Waals surface area contributed by atoms with Gasteiger partial charge in [0, 0.05) is 13.1 Å². The molecule has 2 aliphatic rings. The molecule has 0 radical (unpaired) electrons. The van der Waals surface area contributed by atoms with E-state index in [1.807, 2.05) is 0 Å². The van der Waals surface area contributed by atoms with E-state index in [4.69, 9.17) is 5.11 Å². The summed E-state index contributed by atoms with van der Waals surface area (Å²) in [7, 11) is 0. The number of carbonyl (C=O) groups excluding carboxylic acids is 1. The molecule has 1 aromatic carbocycles. The maximum atomic E-state index is 11.8. The third kappa shape index (κ3) is 3.35. The van der Waals surface area contributed by atoms with E-state index >= 15 is 0 Å². The smallest absolute Gasteiger partial charge is 0.335 e. The molecule has 0 saturated heterocycles. The number of nitrogens with one attached hydrogen (secondary N) is 2. The number of carboxylic acids is 1. The minimum absolute atomic E-state index is 0.178. The molecule has 2 aliphatic carbocycles. The van der Waals surface area contributed by atoms with E-state index in [9.17, 15) is 9.59 Å². The van der Waals surface area contributed by atoms with Crippen molar-refractivity contribution in [3.63, 3.8) is 0 Å². The Morgan fingerprint density at radius 3 is 2.62 bits per heavy atom. The lowest BCUT2D eigenvalue weighted by Gasteiger charge is -2.15. The number of carboxylic acid groups (broad SMARTS) is 1. The molecule has 0 aromatic heterocycles. The Labute approximate surface area is 123 Å². The summed E-state index contributed by atoms with van der Waals surface area (Å²) in [5, 5.41) is 14.7. The van der Waals surface area contributed by atoms with E-state index in [0.717, 1.165) is 18.0 Å². The van der Waals surface area contributed by atoms with E-state index in [1.54, 1.807) is 24.3 Å². The maximum Gasteiger partial charge on any atom is 0.335 e. The monoisotopic (exact) mass is 288 g/mol. The SMILES string of the molecule is O=C(NCc1cccc(C(=O)O)c1)NCC1(C2CC2)CC1. The van der Waals surface area contributed by atoms with Gasteiger partial charge >= 0.3 is 12.0 Å². The van der Waals surface area contributed by atoms with Gasteiger partial charge in [0.05, 0.1) is 5.56 Å². The first-order chi connectivity index (χ1) is 10.1. The Kier molecular flexibility index (Phi) is 3.57. The molecule has 0 unspecified atom stereocenters. The number of amides is 2. The molecule has 21 heavy (non-hydrogen) atoms. The highest BCUT2D eigenvalue weighted by molar-refractivity contribution is 5.87. The van der Waals surface area contributed by atoms with E-state index < -0.39 is 5.97 Å². The second-order valence-corrected chi connectivity index (χ2v) is 6.18. The topological polar surface area (TPSA) is 78.4 Å². The standard InChI is InChI=1S/C16H20N2O3/c19-14(20)12-3-1-2-11(8-12)9-17-15(21)18-10-16(6-7-16)13-4-5-13/h1-3,8,13H,4-7,9-10H2,(H,19,20)(H2,17,18,21). The van der Waals surface area contributed by atoms with Gasteiger partial charge in [-0.3, -0.25) is 0 Å². The molecule has 2 fully saturated rings. The zero-order chi connectivity index (χ0) is 14.9. The van der Waals surface area contributed by atoms with Crippen LogP contribution in [0.15, 0.2) is 24.3 Å². The summed E-state index contributed by atoms with van der Waals surface area (Å²) < 4.78 is 0. The normalized spacial score (nSPS) is 18.9. The second-order valence-electron chi connectivity index (χ2n) is 6.18. The first kappa shape index (κ1) is 13.9. The molecule has 3 rings (SSSR count). The summed E-state index contributed by atoms with van der Waals surface area (Å²) in [5.74, 6) is -0.133. The highest BCUT2D eigenvalue weighted by atomic mass is 16.4. The van der Waals surface area contributed by atoms with Crippen LogP contribution in [0, 0.1) is 11.3 Å². The van der Waals surface area contributed by atoms with Crippen LogP contribution in [-0.2, 0) is 6.54 Å². The van der Waals surface area contributed by atoms with Gasteiger partial charge in [-0.25, -0.2) is 9.59 Å². The van der Waals surface area contributed by atoms with Crippen LogP contribution in [0.1, 0.15) is 41.6 Å². The van der Waals surface area contributed by atoms with Crippen molar-refractivity contribution >= 4 is 12.0 Å². The fraction of sp³-hybridized carbons (Fsp3) is 0.500. The van der Waals surface area contributed by atoms with Gasteiger partial charge in [0.2, 0.25) is 0 Å². The quantitative estimate of drug-likeness (QED) is 0.752. The second kappa shape index (κ2) is 5.39. The average molecular weight is 288 g/mol. The van der Waals surface area contributed by atoms with Gasteiger partial charge in [-0.05, 0) is 54.7 Å². The number of benzene rings is 1. The van der Waals surface area contributed by atoms with Crippen molar-refractivity contribution in [2.75, 3.05) is 6.54 Å². The van der Waals surface area contributed by atoms with Gasteiger partial charge in [-0.2, -0.15) is 0 Å². The summed E-state index contributed by atoms with van der Waals surface area (Å²) in [5.41, 5.74) is 1.41. The van der Waals surface area contributed by atoms with Crippen LogP contribution in [0.3, 0.4) is 0 Å². The highest BCUT2D eigenvalue weighted by Gasteiger charge is 2.53. The van der Waals surface area contributed by atoms with Crippen LogP contribution < -0.4 is 10.6 Å². The number of hydrogen-bond donors (Lipinski definition) is 3. The Morgan fingerprint density at radius 1 is 1.24 bits per heavy atom. The fourth-order valence-corrected chi connectivity index (χ4v) is 2.90. The molecule has 0 spiro atoms. The van der Waals surface area contributed by atoms with Crippen molar-refractivity contribution in [1.29, 1.82) is 0 Å². The molecule has 0 heterocycles. The molecule has 112 valence electrons. The Bertz CT molecular complexity index is 562. The van der Waals surface area contributed by atoms with Gasteiger partial charge in [0.1, 0.15) is 0 Å². The summed E-state index contributed by atoms with van der Waals surface area (Å²) >= 11 is 0. The van der Waals surface area contributed by atoms with Crippen LogP contribution in [0.4, 0.5) is 4.79 Å². The number of aromatic carboxylic acids is 1. The average Bonchev–Trinajstić information content (AvgIpc) is 3.36. The Balaban J connectivity index is 1.45. The molecular weight excluding hydrogens is 268 g/mol. The summed E-state index contributed by atoms with van der Waals surface area (Å²) in [6.07, 6.45) is 5.09. The van der Waals surface area contributed by atoms with Gasteiger partial charge < -0.3 is 15.7 Å². The highest BCUT2D eigenvalue weighted by Crippen LogP contribution is 2.60. The predicted octanol–water partition coefficient (Wildman–Crippen LogP) is 2.37. The van der Waals surface area contributed by atoms with Crippen LogP contribution in [0.2, 0.25) is 0 Å². The first-order valence-electron chi connectivity index (χ1n) is 7.43. The molecule has 2 amide bonds. The summed E-state index contributed by atoms with van der Waals surface area (Å²) in [6, 6.07) is 6.43. The van der Waals surface area contributed by atoms with Crippen LogP contribution in [-0.4, -0.2) is 23.7 Å². The Morgan fingerprint density at radius 2 is 2.00 bits per heavy atom. The molecule has 5 nitrogen and oxygen atoms in total. The van der Waals surface area contributed by atoms with Crippen LogP contribution in [0.5, 0.6) is 0 Å². The Hall–Kier alpha value is -2.04. The van der Waals surface area contributed by atoms with Crippen LogP contribution >= 0.6 is 0 Å². The van der Waals surface area contributed by atoms with E-state index in [-0.39, 0.29) is 11.6 Å². The molecule has 5 heteroatoms. The van der Waals surface area contributed by atoms with E-state index in [2.05, 4.69) is 10.6 Å². The molecule has 0 bridgehead atoms. The molecule has 2 saturated carbocycles. The maximum absolute atomic E-state index is 11.8. The molecule has 0 aliphatic heterocycles. The number of rotatable bonds is 6. The van der Waals surface area contributed by atoms with Crippen molar-refractivity contribution in [2.24, 2.45) is 11.3 Å². The van der Waals surface area contributed by atoms with Crippen LogP contribution in [0.25, 0.3) is 0 Å². The minimum atomic E-state index is -0.957. The molecule has 0 atom stereocenters.